The molecule has 0 spiro atoms. The number of rotatable bonds is 4. The largest absolute Gasteiger partial charge is 0.372 e. The molecule has 7 heteroatoms. The lowest BCUT2D eigenvalue weighted by atomic mass is 10.6. The van der Waals surface area contributed by atoms with Crippen molar-refractivity contribution < 1.29 is 4.79 Å². The molecular weight excluding hydrogens is 238 g/mol. The molecule has 1 amide bonds. The van der Waals surface area contributed by atoms with Crippen molar-refractivity contribution in [3.63, 3.8) is 0 Å². The van der Waals surface area contributed by atoms with Crippen LogP contribution in [-0.2, 0) is 4.79 Å². The van der Waals surface area contributed by atoms with Crippen molar-refractivity contribution in [1.29, 1.82) is 0 Å². The molecule has 2 N–H and O–H groups in total. The SMILES string of the molecule is CNC(=O)CSc1nc(NC)cn2ccnc12. The van der Waals surface area contributed by atoms with Gasteiger partial charge in [0.15, 0.2) is 5.65 Å². The van der Waals surface area contributed by atoms with Crippen LogP contribution >= 0.6 is 11.8 Å². The van der Waals surface area contributed by atoms with E-state index in [1.54, 1.807) is 20.3 Å². The van der Waals surface area contributed by atoms with Gasteiger partial charge in [-0.3, -0.25) is 4.79 Å². The maximum Gasteiger partial charge on any atom is 0.230 e. The molecule has 0 saturated carbocycles. The number of nitrogens with zero attached hydrogens (tertiary/aromatic N) is 3. The van der Waals surface area contributed by atoms with Crippen LogP contribution in [0.3, 0.4) is 0 Å². The zero-order valence-corrected chi connectivity index (χ0v) is 10.4. The number of fused-ring (bicyclic) bond motifs is 1. The summed E-state index contributed by atoms with van der Waals surface area (Å²) in [4.78, 5) is 19.8. The van der Waals surface area contributed by atoms with Crippen LogP contribution in [0.2, 0.25) is 0 Å². The van der Waals surface area contributed by atoms with Gasteiger partial charge in [-0.1, -0.05) is 11.8 Å². The number of carbonyl (C=O) groups is 1. The summed E-state index contributed by atoms with van der Waals surface area (Å²) in [5.41, 5.74) is 0.762. The van der Waals surface area contributed by atoms with Gasteiger partial charge in [-0.15, -0.1) is 0 Å². The van der Waals surface area contributed by atoms with Gasteiger partial charge in [-0.2, -0.15) is 0 Å². The molecule has 2 rings (SSSR count). The van der Waals surface area contributed by atoms with E-state index in [0.717, 1.165) is 16.5 Å². The summed E-state index contributed by atoms with van der Waals surface area (Å²) in [7, 11) is 3.42. The second-order valence-electron chi connectivity index (χ2n) is 3.30. The van der Waals surface area contributed by atoms with Gasteiger partial charge in [0.05, 0.1) is 11.9 Å². The van der Waals surface area contributed by atoms with Gasteiger partial charge in [0.1, 0.15) is 10.8 Å². The Balaban J connectivity index is 2.30. The minimum atomic E-state index is -0.0311. The third-order valence-electron chi connectivity index (χ3n) is 2.22. The number of hydrogen-bond acceptors (Lipinski definition) is 5. The van der Waals surface area contributed by atoms with Crippen molar-refractivity contribution >= 4 is 29.1 Å². The van der Waals surface area contributed by atoms with Crippen molar-refractivity contribution in [2.24, 2.45) is 0 Å². The zero-order chi connectivity index (χ0) is 12.3. The van der Waals surface area contributed by atoms with E-state index in [9.17, 15) is 4.79 Å². The average molecular weight is 251 g/mol. The number of amides is 1. The topological polar surface area (TPSA) is 71.3 Å². The Morgan fingerprint density at radius 2 is 2.35 bits per heavy atom. The molecule has 2 aromatic rings. The van der Waals surface area contributed by atoms with Crippen LogP contribution in [-0.4, -0.2) is 40.1 Å². The van der Waals surface area contributed by atoms with Crippen LogP contribution in [0.15, 0.2) is 23.6 Å². The highest BCUT2D eigenvalue weighted by atomic mass is 32.2. The smallest absolute Gasteiger partial charge is 0.230 e. The van der Waals surface area contributed by atoms with Gasteiger partial charge in [0.2, 0.25) is 5.91 Å². The molecule has 0 bridgehead atoms. The minimum Gasteiger partial charge on any atom is -0.372 e. The molecule has 2 heterocycles. The average Bonchev–Trinajstić information content (AvgIpc) is 2.83. The van der Waals surface area contributed by atoms with Gasteiger partial charge in [-0.05, 0) is 0 Å². The van der Waals surface area contributed by atoms with E-state index in [0.29, 0.717) is 5.75 Å². The molecule has 0 aliphatic carbocycles. The number of aromatic nitrogens is 3. The first-order valence-electron chi connectivity index (χ1n) is 5.09. The number of anilines is 1. The van der Waals surface area contributed by atoms with E-state index < -0.39 is 0 Å². The second-order valence-corrected chi connectivity index (χ2v) is 4.27. The molecule has 0 atom stereocenters. The molecule has 6 nitrogen and oxygen atoms in total. The lowest BCUT2D eigenvalue weighted by Crippen LogP contribution is -2.19. The van der Waals surface area contributed by atoms with E-state index in [4.69, 9.17) is 0 Å². The van der Waals surface area contributed by atoms with Crippen molar-refractivity contribution in [2.75, 3.05) is 25.2 Å². The lowest BCUT2D eigenvalue weighted by Gasteiger charge is -2.06. The van der Waals surface area contributed by atoms with E-state index in [-0.39, 0.29) is 5.91 Å². The van der Waals surface area contributed by atoms with E-state index in [2.05, 4.69) is 20.6 Å². The maximum atomic E-state index is 11.2. The van der Waals surface area contributed by atoms with Crippen molar-refractivity contribution in [2.45, 2.75) is 5.03 Å². The molecule has 0 radical (unpaired) electrons. The van der Waals surface area contributed by atoms with E-state index in [1.807, 2.05) is 16.8 Å². The predicted octanol–water partition coefficient (Wildman–Crippen LogP) is 0.609. The van der Waals surface area contributed by atoms with Gasteiger partial charge >= 0.3 is 0 Å². The zero-order valence-electron chi connectivity index (χ0n) is 9.60. The Bertz CT molecular complexity index is 538. The summed E-state index contributed by atoms with van der Waals surface area (Å²) in [6, 6.07) is 0. The predicted molar refractivity (Wildman–Crippen MR) is 67.3 cm³/mol. The normalized spacial score (nSPS) is 10.5. The second kappa shape index (κ2) is 5.05. The van der Waals surface area contributed by atoms with Crippen molar-refractivity contribution in [3.05, 3.63) is 18.6 Å². The summed E-state index contributed by atoms with van der Waals surface area (Å²) >= 11 is 1.37. The Labute approximate surface area is 103 Å². The molecule has 0 fully saturated rings. The summed E-state index contributed by atoms with van der Waals surface area (Å²) in [5, 5.41) is 6.29. The first-order valence-corrected chi connectivity index (χ1v) is 6.08. The third-order valence-corrected chi connectivity index (χ3v) is 3.17. The molecule has 2 aromatic heterocycles. The highest BCUT2D eigenvalue weighted by Crippen LogP contribution is 2.22. The molecular formula is C10H13N5OS. The number of imidazole rings is 1. The fraction of sp³-hybridized carbons (Fsp3) is 0.300. The van der Waals surface area contributed by atoms with Crippen molar-refractivity contribution in [1.82, 2.24) is 19.7 Å². The fourth-order valence-corrected chi connectivity index (χ4v) is 2.19. The summed E-state index contributed by atoms with van der Waals surface area (Å²) < 4.78 is 1.88. The monoisotopic (exact) mass is 251 g/mol. The van der Waals surface area contributed by atoms with Crippen LogP contribution in [0.5, 0.6) is 0 Å². The fourth-order valence-electron chi connectivity index (χ4n) is 1.33. The standard InChI is InChI=1S/C10H13N5OS/c1-11-7-5-15-4-3-13-9(15)10(14-7)17-6-8(16)12-2/h3-5,11H,6H2,1-2H3,(H,12,16). The van der Waals surface area contributed by atoms with Gasteiger partial charge in [0, 0.05) is 26.5 Å². The number of thioether (sulfide) groups is 1. The Hall–Kier alpha value is -1.76. The van der Waals surface area contributed by atoms with Crippen LogP contribution in [0.1, 0.15) is 0 Å². The Morgan fingerprint density at radius 3 is 3.06 bits per heavy atom. The molecule has 90 valence electrons. The van der Waals surface area contributed by atoms with Crippen molar-refractivity contribution in [3.8, 4) is 0 Å². The van der Waals surface area contributed by atoms with Crippen LogP contribution < -0.4 is 10.6 Å². The summed E-state index contributed by atoms with van der Waals surface area (Å²) in [6.07, 6.45) is 5.41. The first-order chi connectivity index (χ1) is 8.24. The van der Waals surface area contributed by atoms with Crippen LogP contribution in [0.4, 0.5) is 5.82 Å². The molecule has 0 aromatic carbocycles. The van der Waals surface area contributed by atoms with Crippen LogP contribution in [0.25, 0.3) is 5.65 Å². The van der Waals surface area contributed by atoms with Gasteiger partial charge in [-0.25, -0.2) is 9.97 Å². The maximum absolute atomic E-state index is 11.2. The quantitative estimate of drug-likeness (QED) is 0.779. The summed E-state index contributed by atoms with van der Waals surface area (Å²) in [6.45, 7) is 0. The van der Waals surface area contributed by atoms with Gasteiger partial charge < -0.3 is 15.0 Å². The number of nitrogens with one attached hydrogen (secondary N) is 2. The van der Waals surface area contributed by atoms with E-state index >= 15 is 0 Å². The Kier molecular flexibility index (Phi) is 3.48. The Morgan fingerprint density at radius 1 is 1.53 bits per heavy atom. The highest BCUT2D eigenvalue weighted by Gasteiger charge is 2.09. The first kappa shape index (κ1) is 11.7. The third kappa shape index (κ3) is 2.50. The number of carbonyl (C=O) groups excluding carboxylic acids is 1. The van der Waals surface area contributed by atoms with Crippen LogP contribution in [0, 0.1) is 0 Å². The molecule has 17 heavy (non-hydrogen) atoms. The minimum absolute atomic E-state index is 0.0311. The molecule has 0 unspecified atom stereocenters. The van der Waals surface area contributed by atoms with Gasteiger partial charge in [0.25, 0.3) is 0 Å². The summed E-state index contributed by atoms with van der Waals surface area (Å²) in [5.74, 6) is 1.05. The molecule has 0 saturated heterocycles. The molecule has 0 aliphatic rings. The molecule has 0 aliphatic heterocycles. The van der Waals surface area contributed by atoms with E-state index in [1.165, 1.54) is 11.8 Å². The highest BCUT2D eigenvalue weighted by molar-refractivity contribution is 8.00. The lowest BCUT2D eigenvalue weighted by molar-refractivity contribution is -0.118. The number of hydrogen-bond donors (Lipinski definition) is 2.